The molecule has 0 saturated carbocycles. The molecule has 33 heavy (non-hydrogen) atoms. The Morgan fingerprint density at radius 3 is 2.73 bits per heavy atom. The third-order valence-electron chi connectivity index (χ3n) is 6.05. The van der Waals surface area contributed by atoms with E-state index in [0.717, 1.165) is 56.1 Å². The lowest BCUT2D eigenvalue weighted by Crippen LogP contribution is -2.49. The van der Waals surface area contributed by atoms with E-state index in [4.69, 9.17) is 4.42 Å². The van der Waals surface area contributed by atoms with Gasteiger partial charge < -0.3 is 24.9 Å². The van der Waals surface area contributed by atoms with Crippen molar-refractivity contribution in [2.24, 2.45) is 0 Å². The average Bonchev–Trinajstić information content (AvgIpc) is 3.39. The third-order valence-corrected chi connectivity index (χ3v) is 6.05. The molecular weight excluding hydrogens is 426 g/mol. The minimum atomic E-state index is -0.660. The molecule has 10 nitrogen and oxygen atoms in total. The van der Waals surface area contributed by atoms with Crippen LogP contribution in [0.4, 0.5) is 5.69 Å². The maximum atomic E-state index is 13.2. The van der Waals surface area contributed by atoms with Crippen molar-refractivity contribution in [3.05, 3.63) is 52.2 Å². The summed E-state index contributed by atoms with van der Waals surface area (Å²) in [7, 11) is 0. The topological polar surface area (TPSA) is 121 Å². The van der Waals surface area contributed by atoms with Crippen LogP contribution in [0.3, 0.4) is 0 Å². The maximum absolute atomic E-state index is 13.2. The number of carbonyl (C=O) groups excluding carboxylic acids is 2. The first kappa shape index (κ1) is 22.6. The van der Waals surface area contributed by atoms with Gasteiger partial charge in [-0.2, -0.15) is 0 Å². The number of nitrogens with one attached hydrogen (secondary N) is 2. The normalized spacial score (nSPS) is 19.6. The molecule has 176 valence electrons. The van der Waals surface area contributed by atoms with E-state index in [1.807, 2.05) is 19.1 Å². The molecule has 0 bridgehead atoms. The molecule has 0 unspecified atom stereocenters. The van der Waals surface area contributed by atoms with Crippen LogP contribution < -0.4 is 10.6 Å². The second-order valence-electron chi connectivity index (χ2n) is 8.60. The summed E-state index contributed by atoms with van der Waals surface area (Å²) in [5.41, 5.74) is 1.26. The highest BCUT2D eigenvalue weighted by Crippen LogP contribution is 2.23. The molecule has 0 spiro atoms. The number of carbonyl (C=O) groups is 2. The van der Waals surface area contributed by atoms with Crippen molar-refractivity contribution >= 4 is 28.5 Å². The highest BCUT2D eigenvalue weighted by molar-refractivity contribution is 5.88. The predicted molar refractivity (Wildman–Crippen MR) is 123 cm³/mol. The first-order chi connectivity index (χ1) is 15.9. The molecule has 10 heteroatoms. The van der Waals surface area contributed by atoms with Gasteiger partial charge in [-0.15, -0.1) is 0 Å². The van der Waals surface area contributed by atoms with Crippen molar-refractivity contribution in [2.45, 2.75) is 45.1 Å². The summed E-state index contributed by atoms with van der Waals surface area (Å²) in [5.74, 6) is 0.624. The smallest absolute Gasteiger partial charge is 0.274 e. The SMILES string of the molecule is Cc1cc2ccc(NC(=C[N+](=O)[O-])N[C@H]3CCCCN(CC(=O)N4CCCC4)C3=O)cc2o1. The van der Waals surface area contributed by atoms with Crippen molar-refractivity contribution in [3.63, 3.8) is 0 Å². The number of nitrogens with zero attached hydrogens (tertiary/aromatic N) is 3. The summed E-state index contributed by atoms with van der Waals surface area (Å²) in [6.45, 7) is 3.88. The van der Waals surface area contributed by atoms with E-state index in [1.165, 1.54) is 0 Å². The van der Waals surface area contributed by atoms with Gasteiger partial charge in [0.2, 0.25) is 11.8 Å². The van der Waals surface area contributed by atoms with Gasteiger partial charge in [0.1, 0.15) is 17.4 Å². The Balaban J connectivity index is 1.47. The summed E-state index contributed by atoms with van der Waals surface area (Å²) in [6.07, 6.45) is 4.90. The monoisotopic (exact) mass is 455 g/mol. The van der Waals surface area contributed by atoms with Crippen molar-refractivity contribution in [1.82, 2.24) is 15.1 Å². The zero-order valence-corrected chi connectivity index (χ0v) is 18.7. The van der Waals surface area contributed by atoms with E-state index in [9.17, 15) is 19.7 Å². The molecule has 3 heterocycles. The van der Waals surface area contributed by atoms with E-state index < -0.39 is 11.0 Å². The van der Waals surface area contributed by atoms with Gasteiger partial charge in [0.15, 0.2) is 5.82 Å². The molecule has 1 atom stereocenters. The summed E-state index contributed by atoms with van der Waals surface area (Å²) in [6, 6.07) is 6.66. The van der Waals surface area contributed by atoms with Gasteiger partial charge >= 0.3 is 0 Å². The Hall–Kier alpha value is -3.56. The van der Waals surface area contributed by atoms with Crippen LogP contribution >= 0.6 is 0 Å². The number of rotatable bonds is 7. The fourth-order valence-corrected chi connectivity index (χ4v) is 4.42. The molecule has 2 aromatic rings. The van der Waals surface area contributed by atoms with Gasteiger partial charge in [-0.05, 0) is 57.2 Å². The predicted octanol–water partition coefficient (Wildman–Crippen LogP) is 2.82. The van der Waals surface area contributed by atoms with E-state index in [1.54, 1.807) is 21.9 Å². The van der Waals surface area contributed by atoms with Crippen LogP contribution in [0, 0.1) is 17.0 Å². The number of aryl methyl sites for hydroxylation is 1. The molecule has 0 aliphatic carbocycles. The van der Waals surface area contributed by atoms with E-state index >= 15 is 0 Å². The van der Waals surface area contributed by atoms with E-state index in [2.05, 4.69) is 10.6 Å². The van der Waals surface area contributed by atoms with Crippen molar-refractivity contribution < 1.29 is 18.9 Å². The number of amides is 2. The molecule has 2 saturated heterocycles. The number of hydrogen-bond acceptors (Lipinski definition) is 7. The van der Waals surface area contributed by atoms with Gasteiger partial charge in [-0.25, -0.2) is 0 Å². The maximum Gasteiger partial charge on any atom is 0.274 e. The Kier molecular flexibility index (Phi) is 6.81. The summed E-state index contributed by atoms with van der Waals surface area (Å²) < 4.78 is 5.64. The summed E-state index contributed by atoms with van der Waals surface area (Å²) in [5, 5.41) is 18.2. The first-order valence-electron chi connectivity index (χ1n) is 11.3. The molecule has 2 fully saturated rings. The van der Waals surface area contributed by atoms with Gasteiger partial charge in [0, 0.05) is 36.8 Å². The van der Waals surface area contributed by atoms with Crippen LogP contribution in [0.2, 0.25) is 0 Å². The average molecular weight is 456 g/mol. The molecule has 0 radical (unpaired) electrons. The van der Waals surface area contributed by atoms with Crippen LogP contribution in [0.5, 0.6) is 0 Å². The van der Waals surface area contributed by atoms with Crippen LogP contribution in [0.25, 0.3) is 11.0 Å². The van der Waals surface area contributed by atoms with Gasteiger partial charge in [0.25, 0.3) is 6.20 Å². The molecular formula is C23H29N5O5. The minimum absolute atomic E-state index is 0.0391. The Morgan fingerprint density at radius 2 is 1.97 bits per heavy atom. The number of anilines is 1. The number of furan rings is 1. The van der Waals surface area contributed by atoms with Crippen LogP contribution in [-0.2, 0) is 9.59 Å². The van der Waals surface area contributed by atoms with Crippen molar-refractivity contribution in [3.8, 4) is 0 Å². The van der Waals surface area contributed by atoms with Crippen LogP contribution in [0.1, 0.15) is 37.9 Å². The zero-order chi connectivity index (χ0) is 23.4. The number of nitro groups is 1. The molecule has 2 N–H and O–H groups in total. The van der Waals surface area contributed by atoms with Gasteiger partial charge in [-0.1, -0.05) is 0 Å². The largest absolute Gasteiger partial charge is 0.461 e. The number of likely N-dealkylation sites (tertiary alicyclic amines) is 2. The standard InChI is InChI=1S/C23H29N5O5/c1-16-12-17-7-8-18(13-20(17)33-16)24-21(14-28(31)32)25-19-6-2-3-11-27(23(19)30)15-22(29)26-9-4-5-10-26/h7-8,12-14,19,24-25H,2-6,9-11,15H2,1H3/t19-/m0/s1. The van der Waals surface area contributed by atoms with E-state index in [0.29, 0.717) is 24.2 Å². The third kappa shape index (κ3) is 5.63. The van der Waals surface area contributed by atoms with E-state index in [-0.39, 0.29) is 24.2 Å². The summed E-state index contributed by atoms with van der Waals surface area (Å²) in [4.78, 5) is 39.8. The van der Waals surface area contributed by atoms with Crippen molar-refractivity contribution in [2.75, 3.05) is 31.5 Å². The summed E-state index contributed by atoms with van der Waals surface area (Å²) >= 11 is 0. The highest BCUT2D eigenvalue weighted by atomic mass is 16.6. The quantitative estimate of drug-likeness (QED) is 0.486. The molecule has 1 aromatic heterocycles. The zero-order valence-electron chi connectivity index (χ0n) is 18.7. The van der Waals surface area contributed by atoms with Crippen LogP contribution in [-0.4, -0.2) is 58.8 Å². The van der Waals surface area contributed by atoms with Gasteiger partial charge in [0.05, 0.1) is 11.5 Å². The first-order valence-corrected chi connectivity index (χ1v) is 11.3. The number of fused-ring (bicyclic) bond motifs is 1. The molecule has 4 rings (SSSR count). The highest BCUT2D eigenvalue weighted by Gasteiger charge is 2.30. The lowest BCUT2D eigenvalue weighted by atomic mass is 10.1. The Labute approximate surface area is 191 Å². The molecule has 2 aliphatic rings. The fraction of sp³-hybridized carbons (Fsp3) is 0.478. The molecule has 2 amide bonds. The lowest BCUT2D eigenvalue weighted by Gasteiger charge is -2.27. The Bertz CT molecular complexity index is 1070. The number of hydrogen-bond donors (Lipinski definition) is 2. The fourth-order valence-electron chi connectivity index (χ4n) is 4.42. The Morgan fingerprint density at radius 1 is 1.21 bits per heavy atom. The van der Waals surface area contributed by atoms with Crippen molar-refractivity contribution in [1.29, 1.82) is 0 Å². The lowest BCUT2D eigenvalue weighted by molar-refractivity contribution is -0.403. The minimum Gasteiger partial charge on any atom is -0.461 e. The molecule has 2 aliphatic heterocycles. The number of benzene rings is 1. The van der Waals surface area contributed by atoms with Crippen LogP contribution in [0.15, 0.2) is 40.7 Å². The second kappa shape index (κ2) is 9.93. The van der Waals surface area contributed by atoms with Gasteiger partial charge in [-0.3, -0.25) is 19.7 Å². The second-order valence-corrected chi connectivity index (χ2v) is 8.60. The molecule has 1 aromatic carbocycles.